The first kappa shape index (κ1) is 15.1. The highest BCUT2D eigenvalue weighted by atomic mass is 16.5. The molecule has 0 aromatic heterocycles. The van der Waals surface area contributed by atoms with Crippen molar-refractivity contribution in [1.82, 2.24) is 0 Å². The van der Waals surface area contributed by atoms with E-state index in [-0.39, 0.29) is 0 Å². The Morgan fingerprint density at radius 1 is 1.09 bits per heavy atom. The maximum atomic E-state index is 5.59. The fraction of sp³-hybridized carbons (Fsp3) is 0.400. The minimum absolute atomic E-state index is 0.298. The fourth-order valence-electron chi connectivity index (χ4n) is 2.73. The third-order valence-corrected chi connectivity index (χ3v) is 4.20. The van der Waals surface area contributed by atoms with Crippen molar-refractivity contribution in [2.75, 3.05) is 18.5 Å². The van der Waals surface area contributed by atoms with Gasteiger partial charge in [-0.15, -0.1) is 0 Å². The lowest BCUT2D eigenvalue weighted by Crippen LogP contribution is -2.18. The van der Waals surface area contributed by atoms with Gasteiger partial charge in [0.05, 0.1) is 12.7 Å². The summed E-state index contributed by atoms with van der Waals surface area (Å²) < 4.78 is 5.59. The van der Waals surface area contributed by atoms with Crippen LogP contribution in [0.15, 0.2) is 48.5 Å². The SMILES string of the molecule is CC(C)CCNc1cccc(-c2cccc(C3CCO3)c2)c1. The third-order valence-electron chi connectivity index (χ3n) is 4.20. The van der Waals surface area contributed by atoms with Gasteiger partial charge in [0, 0.05) is 18.7 Å². The Balaban J connectivity index is 1.73. The summed E-state index contributed by atoms with van der Waals surface area (Å²) in [7, 11) is 0. The Hall–Kier alpha value is -1.80. The van der Waals surface area contributed by atoms with Crippen LogP contribution in [-0.2, 0) is 4.74 Å². The lowest BCUT2D eigenvalue weighted by molar-refractivity contribution is -0.0526. The normalized spacial score (nSPS) is 17.3. The molecule has 0 amide bonds. The first-order valence-corrected chi connectivity index (χ1v) is 8.28. The maximum absolute atomic E-state index is 5.59. The summed E-state index contributed by atoms with van der Waals surface area (Å²) in [5.74, 6) is 0.731. The number of benzene rings is 2. The molecule has 1 atom stereocenters. The highest BCUT2D eigenvalue weighted by Gasteiger charge is 2.20. The van der Waals surface area contributed by atoms with Crippen LogP contribution in [0.4, 0.5) is 5.69 Å². The molecule has 1 heterocycles. The van der Waals surface area contributed by atoms with Crippen molar-refractivity contribution in [2.45, 2.75) is 32.8 Å². The van der Waals surface area contributed by atoms with Crippen LogP contribution in [0.1, 0.15) is 38.4 Å². The van der Waals surface area contributed by atoms with Crippen LogP contribution in [0, 0.1) is 5.92 Å². The molecular weight excluding hydrogens is 270 g/mol. The summed E-state index contributed by atoms with van der Waals surface area (Å²) in [6.07, 6.45) is 2.63. The molecule has 2 aromatic carbocycles. The smallest absolute Gasteiger partial charge is 0.0847 e. The molecule has 1 aliphatic heterocycles. The van der Waals surface area contributed by atoms with Gasteiger partial charge in [-0.2, -0.15) is 0 Å². The molecule has 2 aromatic rings. The lowest BCUT2D eigenvalue weighted by Gasteiger charge is -2.27. The number of hydrogen-bond acceptors (Lipinski definition) is 2. The Bertz CT molecular complexity index is 617. The van der Waals surface area contributed by atoms with E-state index in [9.17, 15) is 0 Å². The van der Waals surface area contributed by atoms with Crippen LogP contribution in [0.2, 0.25) is 0 Å². The zero-order valence-electron chi connectivity index (χ0n) is 13.5. The van der Waals surface area contributed by atoms with Gasteiger partial charge < -0.3 is 10.1 Å². The third kappa shape index (κ3) is 3.69. The Kier molecular flexibility index (Phi) is 4.79. The van der Waals surface area contributed by atoms with E-state index in [0.29, 0.717) is 6.10 Å². The van der Waals surface area contributed by atoms with Gasteiger partial charge in [-0.05, 0) is 47.2 Å². The van der Waals surface area contributed by atoms with Crippen LogP contribution in [-0.4, -0.2) is 13.2 Å². The summed E-state index contributed by atoms with van der Waals surface area (Å²) in [5.41, 5.74) is 5.02. The first-order chi connectivity index (χ1) is 10.7. The molecule has 0 aliphatic carbocycles. The molecule has 116 valence electrons. The van der Waals surface area contributed by atoms with Gasteiger partial charge in [0.25, 0.3) is 0 Å². The van der Waals surface area contributed by atoms with E-state index in [1.807, 2.05) is 0 Å². The summed E-state index contributed by atoms with van der Waals surface area (Å²) in [5, 5.41) is 3.52. The standard InChI is InChI=1S/C20H25NO/c1-15(2)9-11-21-19-8-4-6-17(14-19)16-5-3-7-18(13-16)20-10-12-22-20/h3-8,13-15,20-21H,9-12H2,1-2H3. The molecule has 22 heavy (non-hydrogen) atoms. The summed E-state index contributed by atoms with van der Waals surface area (Å²) in [4.78, 5) is 0. The number of hydrogen-bond donors (Lipinski definition) is 1. The predicted octanol–water partition coefficient (Wildman–Crippen LogP) is 5.27. The molecule has 0 bridgehead atoms. The van der Waals surface area contributed by atoms with Gasteiger partial charge in [-0.25, -0.2) is 0 Å². The summed E-state index contributed by atoms with van der Waals surface area (Å²) >= 11 is 0. The zero-order chi connectivity index (χ0) is 15.4. The molecule has 2 heteroatoms. The lowest BCUT2D eigenvalue weighted by atomic mass is 9.97. The van der Waals surface area contributed by atoms with E-state index >= 15 is 0 Å². The van der Waals surface area contributed by atoms with Gasteiger partial charge in [0.2, 0.25) is 0 Å². The molecular formula is C20H25NO. The quantitative estimate of drug-likeness (QED) is 0.783. The predicted molar refractivity (Wildman–Crippen MR) is 93.1 cm³/mol. The van der Waals surface area contributed by atoms with E-state index in [1.54, 1.807) is 0 Å². The highest BCUT2D eigenvalue weighted by Crippen LogP contribution is 2.32. The first-order valence-electron chi connectivity index (χ1n) is 8.28. The van der Waals surface area contributed by atoms with Gasteiger partial charge in [-0.3, -0.25) is 0 Å². The van der Waals surface area contributed by atoms with Crippen molar-refractivity contribution in [1.29, 1.82) is 0 Å². The van der Waals surface area contributed by atoms with Crippen molar-refractivity contribution in [2.24, 2.45) is 5.92 Å². The van der Waals surface area contributed by atoms with E-state index in [0.717, 1.165) is 25.5 Å². The minimum Gasteiger partial charge on any atom is -0.385 e. The van der Waals surface area contributed by atoms with E-state index in [2.05, 4.69) is 67.7 Å². The largest absolute Gasteiger partial charge is 0.385 e. The second kappa shape index (κ2) is 6.97. The van der Waals surface area contributed by atoms with Gasteiger partial charge in [-0.1, -0.05) is 44.2 Å². The van der Waals surface area contributed by atoms with E-state index in [4.69, 9.17) is 4.74 Å². The zero-order valence-corrected chi connectivity index (χ0v) is 13.5. The van der Waals surface area contributed by atoms with E-state index < -0.39 is 0 Å². The van der Waals surface area contributed by atoms with Crippen molar-refractivity contribution in [3.05, 3.63) is 54.1 Å². The van der Waals surface area contributed by atoms with Crippen LogP contribution >= 0.6 is 0 Å². The summed E-state index contributed by atoms with van der Waals surface area (Å²) in [6.45, 7) is 6.43. The Morgan fingerprint density at radius 3 is 2.50 bits per heavy atom. The second-order valence-electron chi connectivity index (χ2n) is 6.46. The molecule has 2 nitrogen and oxygen atoms in total. The van der Waals surface area contributed by atoms with Crippen molar-refractivity contribution >= 4 is 5.69 Å². The van der Waals surface area contributed by atoms with Gasteiger partial charge >= 0.3 is 0 Å². The molecule has 1 saturated heterocycles. The van der Waals surface area contributed by atoms with Crippen molar-refractivity contribution < 1.29 is 4.74 Å². The number of rotatable bonds is 6. The van der Waals surface area contributed by atoms with Gasteiger partial charge in [0.1, 0.15) is 0 Å². The number of anilines is 1. The average Bonchev–Trinajstić information content (AvgIpc) is 2.46. The molecule has 0 saturated carbocycles. The van der Waals surface area contributed by atoms with Gasteiger partial charge in [0.15, 0.2) is 0 Å². The fourth-order valence-corrected chi connectivity index (χ4v) is 2.73. The highest BCUT2D eigenvalue weighted by molar-refractivity contribution is 5.68. The molecule has 1 N–H and O–H groups in total. The van der Waals surface area contributed by atoms with Crippen LogP contribution in [0.3, 0.4) is 0 Å². The molecule has 3 rings (SSSR count). The topological polar surface area (TPSA) is 21.3 Å². The van der Waals surface area contributed by atoms with Crippen LogP contribution in [0.5, 0.6) is 0 Å². The van der Waals surface area contributed by atoms with E-state index in [1.165, 1.54) is 28.8 Å². The summed E-state index contributed by atoms with van der Waals surface area (Å²) in [6, 6.07) is 17.4. The van der Waals surface area contributed by atoms with Crippen molar-refractivity contribution in [3.8, 4) is 11.1 Å². The minimum atomic E-state index is 0.298. The monoisotopic (exact) mass is 295 g/mol. The van der Waals surface area contributed by atoms with Crippen LogP contribution in [0.25, 0.3) is 11.1 Å². The molecule has 1 aliphatic rings. The van der Waals surface area contributed by atoms with Crippen molar-refractivity contribution in [3.63, 3.8) is 0 Å². The Morgan fingerprint density at radius 2 is 1.82 bits per heavy atom. The molecule has 0 spiro atoms. The number of nitrogens with one attached hydrogen (secondary N) is 1. The second-order valence-corrected chi connectivity index (χ2v) is 6.46. The number of ether oxygens (including phenoxy) is 1. The molecule has 0 radical (unpaired) electrons. The maximum Gasteiger partial charge on any atom is 0.0847 e. The average molecular weight is 295 g/mol. The molecule has 1 fully saturated rings. The van der Waals surface area contributed by atoms with Crippen LogP contribution < -0.4 is 5.32 Å². The molecule has 1 unspecified atom stereocenters. The Labute approximate surface area is 133 Å².